The molecule has 0 saturated carbocycles. The summed E-state index contributed by atoms with van der Waals surface area (Å²) in [5, 5.41) is 9.88. The van der Waals surface area contributed by atoms with E-state index < -0.39 is 6.17 Å². The lowest BCUT2D eigenvalue weighted by Gasteiger charge is -2.45. The van der Waals surface area contributed by atoms with Crippen LogP contribution in [0.3, 0.4) is 0 Å². The van der Waals surface area contributed by atoms with Crippen molar-refractivity contribution >= 4 is 10.9 Å². The summed E-state index contributed by atoms with van der Waals surface area (Å²) in [7, 11) is 0. The number of nitriles is 1. The molecule has 1 aliphatic heterocycles. The average Bonchev–Trinajstić information content (AvgIpc) is 2.58. The number of piperidine rings is 1. The number of hydrogen-bond donors (Lipinski definition) is 1. The fraction of sp³-hybridized carbons (Fsp3) is 0.476. The van der Waals surface area contributed by atoms with E-state index in [1.807, 2.05) is 12.1 Å². The highest BCUT2D eigenvalue weighted by atomic mass is 19.1. The van der Waals surface area contributed by atoms with Crippen LogP contribution in [0.4, 0.5) is 4.39 Å². The normalized spacial score (nSPS) is 21.7. The summed E-state index contributed by atoms with van der Waals surface area (Å²) >= 11 is 0. The van der Waals surface area contributed by atoms with Gasteiger partial charge in [0.25, 0.3) is 5.56 Å². The lowest BCUT2D eigenvalue weighted by molar-refractivity contribution is 0.0243. The van der Waals surface area contributed by atoms with Crippen molar-refractivity contribution in [1.82, 2.24) is 9.88 Å². The fourth-order valence-electron chi connectivity index (χ4n) is 3.91. The number of alkyl halides is 1. The first-order valence-electron chi connectivity index (χ1n) is 9.07. The molecule has 2 aromatic rings. The minimum atomic E-state index is -0.942. The Bertz CT molecular complexity index is 891. The van der Waals surface area contributed by atoms with Crippen LogP contribution in [0.15, 0.2) is 29.1 Å². The Morgan fingerprint density at radius 2 is 2.12 bits per heavy atom. The topological polar surface area (TPSA) is 59.9 Å². The lowest BCUT2D eigenvalue weighted by Crippen LogP contribution is -2.54. The van der Waals surface area contributed by atoms with Gasteiger partial charge in [0.15, 0.2) is 0 Å². The number of hydrogen-bond acceptors (Lipinski definition) is 3. The molecule has 2 atom stereocenters. The van der Waals surface area contributed by atoms with E-state index in [1.54, 1.807) is 18.6 Å². The summed E-state index contributed by atoms with van der Waals surface area (Å²) in [5.41, 5.74) is 1.58. The number of fused-ring (bicyclic) bond motifs is 1. The van der Waals surface area contributed by atoms with Crippen LogP contribution in [0.25, 0.3) is 10.9 Å². The van der Waals surface area contributed by atoms with Crippen LogP contribution in [0.2, 0.25) is 0 Å². The molecular formula is C21H25FN3O. The highest BCUT2D eigenvalue weighted by molar-refractivity contribution is 5.80. The molecule has 0 amide bonds. The highest BCUT2D eigenvalue weighted by Crippen LogP contribution is 2.33. The van der Waals surface area contributed by atoms with E-state index in [0.29, 0.717) is 29.6 Å². The van der Waals surface area contributed by atoms with Crippen LogP contribution in [0, 0.1) is 23.2 Å². The van der Waals surface area contributed by atoms with E-state index in [2.05, 4.69) is 36.7 Å². The molecule has 0 bridgehead atoms. The van der Waals surface area contributed by atoms with Crippen molar-refractivity contribution in [1.29, 1.82) is 5.26 Å². The molecule has 1 aromatic carbocycles. The molecule has 1 saturated heterocycles. The molecule has 137 valence electrons. The summed E-state index contributed by atoms with van der Waals surface area (Å²) < 4.78 is 14.5. The number of nitrogens with zero attached hydrogens (tertiary/aromatic N) is 2. The van der Waals surface area contributed by atoms with E-state index in [9.17, 15) is 9.18 Å². The molecule has 1 N–H and O–H groups in total. The second kappa shape index (κ2) is 7.20. The van der Waals surface area contributed by atoms with Crippen LogP contribution in [0.5, 0.6) is 0 Å². The summed E-state index contributed by atoms with van der Waals surface area (Å²) in [6.45, 7) is 7.66. The third kappa shape index (κ3) is 3.81. The van der Waals surface area contributed by atoms with E-state index in [-0.39, 0.29) is 17.0 Å². The second-order valence-electron chi connectivity index (χ2n) is 8.10. The zero-order valence-electron chi connectivity index (χ0n) is 15.6. The van der Waals surface area contributed by atoms with Gasteiger partial charge in [-0.15, -0.1) is 0 Å². The first-order valence-corrected chi connectivity index (χ1v) is 9.07. The van der Waals surface area contributed by atoms with Crippen LogP contribution in [0.1, 0.15) is 38.3 Å². The minimum absolute atomic E-state index is 0.139. The Balaban J connectivity index is 1.81. The number of rotatable bonds is 3. The molecule has 1 aliphatic rings. The van der Waals surface area contributed by atoms with Crippen molar-refractivity contribution < 1.29 is 4.39 Å². The third-order valence-electron chi connectivity index (χ3n) is 5.11. The molecule has 1 aromatic heterocycles. The molecule has 3 rings (SSSR count). The molecule has 0 spiro atoms. The number of halogens is 1. The Morgan fingerprint density at radius 3 is 2.81 bits per heavy atom. The standard InChI is InChI=1S/C21H25FN3O/c1-21(2,3)19-17(22)5-4-9-25(19)10-8-16-12-15-7-6-14(13-23)11-18(15)24-20(16)26/h5-7,11-12,17,19H,4,8-10H2,1-3H3,(H,24,26). The number of pyridine rings is 1. The summed E-state index contributed by atoms with van der Waals surface area (Å²) in [6.07, 6.45) is 2.13. The van der Waals surface area contributed by atoms with Gasteiger partial charge in [0.1, 0.15) is 6.17 Å². The molecule has 0 aliphatic carbocycles. The molecule has 2 heterocycles. The van der Waals surface area contributed by atoms with Crippen LogP contribution in [-0.2, 0) is 6.42 Å². The predicted molar refractivity (Wildman–Crippen MR) is 102 cm³/mol. The zero-order valence-corrected chi connectivity index (χ0v) is 15.6. The van der Waals surface area contributed by atoms with Gasteiger partial charge >= 0.3 is 0 Å². The Morgan fingerprint density at radius 1 is 1.35 bits per heavy atom. The van der Waals surface area contributed by atoms with Gasteiger partial charge in [-0.3, -0.25) is 9.69 Å². The van der Waals surface area contributed by atoms with Crippen molar-refractivity contribution in [2.75, 3.05) is 13.1 Å². The summed E-state index contributed by atoms with van der Waals surface area (Å²) in [4.78, 5) is 17.5. The highest BCUT2D eigenvalue weighted by Gasteiger charge is 2.39. The number of nitrogens with one attached hydrogen (secondary N) is 1. The van der Waals surface area contributed by atoms with Gasteiger partial charge in [0, 0.05) is 23.7 Å². The largest absolute Gasteiger partial charge is 0.322 e. The molecule has 1 fully saturated rings. The first kappa shape index (κ1) is 18.6. The molecule has 2 unspecified atom stereocenters. The van der Waals surface area contributed by atoms with E-state index >= 15 is 0 Å². The molecule has 26 heavy (non-hydrogen) atoms. The lowest BCUT2D eigenvalue weighted by atomic mass is 9.79. The second-order valence-corrected chi connectivity index (χ2v) is 8.10. The van der Waals surface area contributed by atoms with Crippen molar-refractivity contribution in [2.24, 2.45) is 5.41 Å². The van der Waals surface area contributed by atoms with E-state index in [4.69, 9.17) is 5.26 Å². The number of aromatic amines is 1. The van der Waals surface area contributed by atoms with Gasteiger partial charge in [-0.05, 0) is 54.8 Å². The van der Waals surface area contributed by atoms with Crippen molar-refractivity contribution in [3.05, 3.63) is 52.2 Å². The van der Waals surface area contributed by atoms with Gasteiger partial charge in [0.05, 0.1) is 11.6 Å². The number of benzene rings is 1. The monoisotopic (exact) mass is 354 g/mol. The number of aromatic nitrogens is 1. The van der Waals surface area contributed by atoms with Crippen molar-refractivity contribution in [3.8, 4) is 6.07 Å². The minimum Gasteiger partial charge on any atom is -0.322 e. The Hall–Kier alpha value is -2.19. The maximum Gasteiger partial charge on any atom is 0.251 e. The number of likely N-dealkylation sites (tertiary alicyclic amines) is 1. The molecule has 4 nitrogen and oxygen atoms in total. The van der Waals surface area contributed by atoms with Gasteiger partial charge < -0.3 is 4.98 Å². The number of H-pyrrole nitrogens is 1. The molecular weight excluding hydrogens is 329 g/mol. The van der Waals surface area contributed by atoms with Gasteiger partial charge in [0.2, 0.25) is 0 Å². The quantitative estimate of drug-likeness (QED) is 0.916. The maximum atomic E-state index is 14.5. The summed E-state index contributed by atoms with van der Waals surface area (Å²) in [5.74, 6) is 0. The molecule has 5 heteroatoms. The van der Waals surface area contributed by atoms with Crippen molar-refractivity contribution in [2.45, 2.75) is 45.8 Å². The SMILES string of the molecule is CC(C)(C)C1C(F)[CH]CCN1CCc1cc2ccc(C#N)cc2[nH]c1=O. The Kier molecular flexibility index (Phi) is 5.15. The molecule has 1 radical (unpaired) electrons. The van der Waals surface area contributed by atoms with Crippen molar-refractivity contribution in [3.63, 3.8) is 0 Å². The predicted octanol–water partition coefficient (Wildman–Crippen LogP) is 3.61. The fourth-order valence-corrected chi connectivity index (χ4v) is 3.91. The summed E-state index contributed by atoms with van der Waals surface area (Å²) in [6, 6.07) is 9.06. The maximum absolute atomic E-state index is 14.5. The third-order valence-corrected chi connectivity index (χ3v) is 5.11. The first-order chi connectivity index (χ1) is 12.3. The van der Waals surface area contributed by atoms with Gasteiger partial charge in [-0.1, -0.05) is 26.8 Å². The van der Waals surface area contributed by atoms with Crippen LogP contribution < -0.4 is 5.56 Å². The van der Waals surface area contributed by atoms with E-state index in [1.165, 1.54) is 0 Å². The van der Waals surface area contributed by atoms with Crippen LogP contribution in [-0.4, -0.2) is 35.2 Å². The average molecular weight is 354 g/mol. The smallest absolute Gasteiger partial charge is 0.251 e. The van der Waals surface area contributed by atoms with Gasteiger partial charge in [-0.25, -0.2) is 4.39 Å². The van der Waals surface area contributed by atoms with E-state index in [0.717, 1.165) is 18.4 Å². The van der Waals surface area contributed by atoms with Crippen LogP contribution >= 0.6 is 0 Å². The Labute approximate surface area is 153 Å². The zero-order chi connectivity index (χ0) is 18.9. The van der Waals surface area contributed by atoms with Gasteiger partial charge in [-0.2, -0.15) is 5.26 Å².